The Balaban J connectivity index is 2.42. The Bertz CT molecular complexity index is 433. The van der Waals surface area contributed by atoms with Gasteiger partial charge in [0.15, 0.2) is 0 Å². The lowest BCUT2D eigenvalue weighted by Crippen LogP contribution is -2.48. The van der Waals surface area contributed by atoms with E-state index in [1.54, 1.807) is 0 Å². The van der Waals surface area contributed by atoms with Crippen LogP contribution in [0.1, 0.15) is 42.0 Å². The van der Waals surface area contributed by atoms with Gasteiger partial charge >= 0.3 is 0 Å². The Labute approximate surface area is 118 Å². The van der Waals surface area contributed by atoms with Crippen LogP contribution >= 0.6 is 0 Å². The van der Waals surface area contributed by atoms with Crippen LogP contribution in [0.3, 0.4) is 0 Å². The maximum atomic E-state index is 3.42. The molecule has 1 aromatic carbocycles. The van der Waals surface area contributed by atoms with Gasteiger partial charge < -0.3 is 10.2 Å². The summed E-state index contributed by atoms with van der Waals surface area (Å²) in [6, 6.07) is 7.40. The second-order valence-corrected chi connectivity index (χ2v) is 6.47. The minimum absolute atomic E-state index is 0.413. The van der Waals surface area contributed by atoms with Crippen LogP contribution < -0.4 is 5.32 Å². The first-order chi connectivity index (χ1) is 9.00. The van der Waals surface area contributed by atoms with Crippen molar-refractivity contribution in [3.63, 3.8) is 0 Å². The molecule has 0 radical (unpaired) electrons. The van der Waals surface area contributed by atoms with Crippen molar-refractivity contribution in [1.29, 1.82) is 0 Å². The third kappa shape index (κ3) is 2.70. The average Bonchev–Trinajstić information content (AvgIpc) is 2.30. The molecular weight excluding hydrogens is 232 g/mol. The van der Waals surface area contributed by atoms with Crippen LogP contribution in [0.4, 0.5) is 0 Å². The van der Waals surface area contributed by atoms with E-state index in [9.17, 15) is 0 Å². The van der Waals surface area contributed by atoms with Gasteiger partial charge in [0, 0.05) is 18.0 Å². The van der Waals surface area contributed by atoms with E-state index >= 15 is 0 Å². The molecule has 1 N–H and O–H groups in total. The molecule has 0 aromatic heterocycles. The minimum Gasteiger partial charge on any atom is -0.319 e. The lowest BCUT2D eigenvalue weighted by atomic mass is 9.61. The van der Waals surface area contributed by atoms with Crippen LogP contribution in [0.5, 0.6) is 0 Å². The Hall–Kier alpha value is -0.860. The van der Waals surface area contributed by atoms with Gasteiger partial charge in [-0.05, 0) is 59.0 Å². The first-order valence-corrected chi connectivity index (χ1v) is 7.38. The van der Waals surface area contributed by atoms with Crippen LogP contribution in [-0.4, -0.2) is 32.6 Å². The fraction of sp³-hybridized carbons (Fsp3) is 0.647. The molecule has 1 unspecified atom stereocenters. The van der Waals surface area contributed by atoms with Crippen molar-refractivity contribution in [2.45, 2.75) is 39.2 Å². The van der Waals surface area contributed by atoms with Crippen LogP contribution in [0.2, 0.25) is 0 Å². The van der Waals surface area contributed by atoms with Crippen LogP contribution in [0, 0.1) is 19.3 Å². The Morgan fingerprint density at radius 3 is 2.42 bits per heavy atom. The number of benzene rings is 1. The summed E-state index contributed by atoms with van der Waals surface area (Å²) in [6.07, 6.45) is 4.05. The molecule has 19 heavy (non-hydrogen) atoms. The fourth-order valence-corrected chi connectivity index (χ4v) is 3.74. The van der Waals surface area contributed by atoms with Gasteiger partial charge in [-0.3, -0.25) is 0 Å². The van der Waals surface area contributed by atoms with Gasteiger partial charge in [-0.1, -0.05) is 30.2 Å². The Kier molecular flexibility index (Phi) is 4.32. The molecule has 0 bridgehead atoms. The predicted molar refractivity (Wildman–Crippen MR) is 82.6 cm³/mol. The highest BCUT2D eigenvalue weighted by Gasteiger charge is 2.45. The Morgan fingerprint density at radius 1 is 1.26 bits per heavy atom. The highest BCUT2D eigenvalue weighted by molar-refractivity contribution is 5.35. The highest BCUT2D eigenvalue weighted by atomic mass is 15.1. The number of hydrogen-bond acceptors (Lipinski definition) is 2. The topological polar surface area (TPSA) is 15.3 Å². The predicted octanol–water partition coefficient (Wildman–Crippen LogP) is 3.30. The molecule has 106 valence electrons. The molecule has 1 aromatic rings. The zero-order valence-electron chi connectivity index (χ0n) is 13.1. The lowest BCUT2D eigenvalue weighted by molar-refractivity contribution is 0.0212. The summed E-state index contributed by atoms with van der Waals surface area (Å²) in [7, 11) is 6.53. The second kappa shape index (κ2) is 5.64. The van der Waals surface area contributed by atoms with Crippen molar-refractivity contribution in [2.75, 3.05) is 27.7 Å². The fourth-order valence-electron chi connectivity index (χ4n) is 3.74. The third-order valence-electron chi connectivity index (χ3n) is 4.70. The average molecular weight is 260 g/mol. The van der Waals surface area contributed by atoms with E-state index < -0.39 is 0 Å². The number of rotatable bonds is 5. The van der Waals surface area contributed by atoms with Crippen molar-refractivity contribution in [2.24, 2.45) is 5.41 Å². The normalized spacial score (nSPS) is 19.3. The van der Waals surface area contributed by atoms with Crippen molar-refractivity contribution in [3.8, 4) is 0 Å². The molecule has 1 aliphatic carbocycles. The van der Waals surface area contributed by atoms with Gasteiger partial charge in [0.2, 0.25) is 0 Å². The van der Waals surface area contributed by atoms with Gasteiger partial charge in [-0.15, -0.1) is 0 Å². The lowest BCUT2D eigenvalue weighted by Gasteiger charge is -2.51. The molecule has 0 spiro atoms. The van der Waals surface area contributed by atoms with E-state index in [0.717, 1.165) is 6.54 Å². The van der Waals surface area contributed by atoms with E-state index in [0.29, 0.717) is 11.5 Å². The molecule has 0 amide bonds. The summed E-state index contributed by atoms with van der Waals surface area (Å²) in [5, 5.41) is 3.42. The number of aryl methyl sites for hydroxylation is 2. The molecule has 0 saturated heterocycles. The van der Waals surface area contributed by atoms with Crippen molar-refractivity contribution in [3.05, 3.63) is 34.9 Å². The van der Waals surface area contributed by atoms with Gasteiger partial charge in [0.25, 0.3) is 0 Å². The summed E-state index contributed by atoms with van der Waals surface area (Å²) >= 11 is 0. The molecule has 0 heterocycles. The molecular formula is C17H28N2. The molecule has 2 heteroatoms. The maximum absolute atomic E-state index is 3.42. The Morgan fingerprint density at radius 2 is 1.95 bits per heavy atom. The minimum atomic E-state index is 0.413. The summed E-state index contributed by atoms with van der Waals surface area (Å²) in [6.45, 7) is 5.56. The smallest absolute Gasteiger partial charge is 0.0413 e. The van der Waals surface area contributed by atoms with Gasteiger partial charge in [0.05, 0.1) is 0 Å². The van der Waals surface area contributed by atoms with Crippen molar-refractivity contribution in [1.82, 2.24) is 10.2 Å². The zero-order valence-corrected chi connectivity index (χ0v) is 13.1. The quantitative estimate of drug-likeness (QED) is 0.874. The van der Waals surface area contributed by atoms with E-state index in [4.69, 9.17) is 0 Å². The van der Waals surface area contributed by atoms with E-state index in [-0.39, 0.29) is 0 Å². The largest absolute Gasteiger partial charge is 0.319 e. The van der Waals surface area contributed by atoms with Crippen LogP contribution in [0.25, 0.3) is 0 Å². The van der Waals surface area contributed by atoms with Crippen molar-refractivity contribution < 1.29 is 0 Å². The van der Waals surface area contributed by atoms with E-state index in [1.165, 1.54) is 36.0 Å². The molecule has 1 atom stereocenters. The van der Waals surface area contributed by atoms with E-state index in [2.05, 4.69) is 63.4 Å². The first kappa shape index (κ1) is 14.5. The molecule has 1 saturated carbocycles. The summed E-state index contributed by atoms with van der Waals surface area (Å²) in [5.74, 6) is 0. The zero-order chi connectivity index (χ0) is 14.0. The molecule has 0 aliphatic heterocycles. The summed E-state index contributed by atoms with van der Waals surface area (Å²) < 4.78 is 0. The molecule has 1 fully saturated rings. The summed E-state index contributed by atoms with van der Waals surface area (Å²) in [4.78, 5) is 2.41. The summed E-state index contributed by atoms with van der Waals surface area (Å²) in [5.41, 5.74) is 4.72. The van der Waals surface area contributed by atoms with Crippen molar-refractivity contribution >= 4 is 0 Å². The molecule has 2 nitrogen and oxygen atoms in total. The van der Waals surface area contributed by atoms with E-state index in [1.807, 2.05) is 0 Å². The SMILES string of the molecule is CNCC1(C(c2cc(C)ccc2C)N(C)C)CCC1. The highest BCUT2D eigenvalue weighted by Crippen LogP contribution is 2.52. The first-order valence-electron chi connectivity index (χ1n) is 7.38. The van der Waals surface area contributed by atoms with Crippen LogP contribution in [0.15, 0.2) is 18.2 Å². The van der Waals surface area contributed by atoms with Gasteiger partial charge in [-0.2, -0.15) is 0 Å². The third-order valence-corrected chi connectivity index (χ3v) is 4.70. The van der Waals surface area contributed by atoms with Crippen LogP contribution in [-0.2, 0) is 0 Å². The van der Waals surface area contributed by atoms with Gasteiger partial charge in [0.1, 0.15) is 0 Å². The maximum Gasteiger partial charge on any atom is 0.0413 e. The van der Waals surface area contributed by atoms with Gasteiger partial charge in [-0.25, -0.2) is 0 Å². The number of hydrogen-bond donors (Lipinski definition) is 1. The standard InChI is InChI=1S/C17H28N2/c1-13-7-8-14(2)15(11-13)16(19(4)5)17(12-18-3)9-6-10-17/h7-8,11,16,18H,6,9-10,12H2,1-5H3. The molecule has 1 aliphatic rings. The number of nitrogens with zero attached hydrogens (tertiary/aromatic N) is 1. The number of nitrogens with one attached hydrogen (secondary N) is 1. The monoisotopic (exact) mass is 260 g/mol. The second-order valence-electron chi connectivity index (χ2n) is 6.47. The molecule has 2 rings (SSSR count).